The van der Waals surface area contributed by atoms with Crippen LogP contribution in [0.25, 0.3) is 0 Å². The normalized spacial score (nSPS) is 18.2. The highest BCUT2D eigenvalue weighted by Gasteiger charge is 2.27. The first-order valence-corrected chi connectivity index (χ1v) is 12.1. The molecule has 0 aliphatic carbocycles. The lowest BCUT2D eigenvalue weighted by molar-refractivity contribution is 0.100. The molecule has 2 saturated heterocycles. The van der Waals surface area contributed by atoms with E-state index in [2.05, 4.69) is 14.2 Å². The quantitative estimate of drug-likeness (QED) is 0.549. The van der Waals surface area contributed by atoms with E-state index in [-0.39, 0.29) is 0 Å². The van der Waals surface area contributed by atoms with E-state index < -0.39 is 15.8 Å². The fraction of sp³-hybridized carbons (Fsp3) is 0.391. The van der Waals surface area contributed by atoms with Gasteiger partial charge in [0.2, 0.25) is 5.96 Å². The lowest BCUT2D eigenvalue weighted by atomic mass is 10.2. The molecule has 0 N–H and O–H groups in total. The number of carbonyl (C=O) groups excluding carboxylic acids is 1. The zero-order valence-corrected chi connectivity index (χ0v) is 18.2. The molecule has 0 spiro atoms. The summed E-state index contributed by atoms with van der Waals surface area (Å²) < 4.78 is 23.1. The van der Waals surface area contributed by atoms with Crippen molar-refractivity contribution in [1.29, 1.82) is 0 Å². The Balaban J connectivity index is 1.84. The molecule has 1 unspecified atom stereocenters. The summed E-state index contributed by atoms with van der Waals surface area (Å²) in [6, 6.07) is 16.1. The third-order valence-electron chi connectivity index (χ3n) is 5.54. The molecule has 7 heteroatoms. The molecule has 6 nitrogen and oxygen atoms in total. The molecule has 0 radical (unpaired) electrons. The fourth-order valence-electron chi connectivity index (χ4n) is 3.85. The van der Waals surface area contributed by atoms with Crippen molar-refractivity contribution >= 4 is 21.8 Å². The Morgan fingerprint density at radius 2 is 1.37 bits per heavy atom. The molecule has 0 bridgehead atoms. The number of aryl methyl sites for hydroxylation is 1. The minimum atomic E-state index is -3.33. The summed E-state index contributed by atoms with van der Waals surface area (Å²) in [6.45, 7) is 5.55. The number of hydrogen-bond acceptors (Lipinski definition) is 2. The maximum Gasteiger partial charge on any atom is 0.286 e. The number of benzene rings is 2. The van der Waals surface area contributed by atoms with Crippen LogP contribution in [0.3, 0.4) is 0 Å². The second-order valence-electron chi connectivity index (χ2n) is 7.85. The van der Waals surface area contributed by atoms with Gasteiger partial charge in [0, 0.05) is 31.7 Å². The van der Waals surface area contributed by atoms with Gasteiger partial charge in [-0.1, -0.05) is 35.9 Å². The third-order valence-corrected chi connectivity index (χ3v) is 7.25. The maximum absolute atomic E-state index is 14.2. The number of amides is 1. The van der Waals surface area contributed by atoms with Crippen LogP contribution in [-0.2, 0) is 9.92 Å². The van der Waals surface area contributed by atoms with Gasteiger partial charge in [-0.05, 0) is 56.9 Å². The topological polar surface area (TPSA) is 65.3 Å². The van der Waals surface area contributed by atoms with Crippen LogP contribution < -0.4 is 0 Å². The molecular weight excluding hydrogens is 396 g/mol. The second-order valence-corrected chi connectivity index (χ2v) is 9.68. The Kier molecular flexibility index (Phi) is 6.18. The van der Waals surface area contributed by atoms with Gasteiger partial charge < -0.3 is 9.80 Å². The minimum Gasteiger partial charge on any atom is -0.342 e. The van der Waals surface area contributed by atoms with Crippen molar-refractivity contribution in [2.45, 2.75) is 37.5 Å². The molecule has 2 heterocycles. The lowest BCUT2D eigenvalue weighted by Crippen LogP contribution is -2.42. The van der Waals surface area contributed by atoms with E-state index >= 15 is 0 Å². The van der Waals surface area contributed by atoms with E-state index in [0.29, 0.717) is 10.5 Å². The summed E-state index contributed by atoms with van der Waals surface area (Å²) in [5.41, 5.74) is 1.47. The Labute approximate surface area is 178 Å². The largest absolute Gasteiger partial charge is 0.342 e. The van der Waals surface area contributed by atoms with Crippen LogP contribution in [0.2, 0.25) is 0 Å². The van der Waals surface area contributed by atoms with Gasteiger partial charge in [-0.25, -0.2) is 4.21 Å². The average molecular weight is 425 g/mol. The first-order chi connectivity index (χ1) is 14.5. The number of likely N-dealkylation sites (tertiary alicyclic amines) is 2. The minimum absolute atomic E-state index is 0.413. The molecule has 1 amide bonds. The molecule has 2 aromatic rings. The molecule has 30 heavy (non-hydrogen) atoms. The van der Waals surface area contributed by atoms with E-state index in [9.17, 15) is 9.00 Å². The first-order valence-electron chi connectivity index (χ1n) is 10.6. The predicted molar refractivity (Wildman–Crippen MR) is 120 cm³/mol. The molecular formula is C23H28N4O2S. The molecule has 0 saturated carbocycles. The van der Waals surface area contributed by atoms with Crippen LogP contribution in [0.4, 0.5) is 0 Å². The van der Waals surface area contributed by atoms with Gasteiger partial charge in [0.1, 0.15) is 0 Å². The fourth-order valence-corrected chi connectivity index (χ4v) is 5.37. The highest BCUT2D eigenvalue weighted by molar-refractivity contribution is 7.92. The smallest absolute Gasteiger partial charge is 0.286 e. The molecule has 4 rings (SSSR count). The molecule has 2 aliphatic rings. The number of nitrogens with zero attached hydrogens (tertiary/aromatic N) is 4. The molecule has 0 aromatic heterocycles. The van der Waals surface area contributed by atoms with E-state index in [1.165, 1.54) is 0 Å². The van der Waals surface area contributed by atoms with Crippen LogP contribution in [-0.4, -0.2) is 52.1 Å². The van der Waals surface area contributed by atoms with Crippen molar-refractivity contribution in [2.24, 2.45) is 8.76 Å². The summed E-state index contributed by atoms with van der Waals surface area (Å²) in [7, 11) is -3.33. The van der Waals surface area contributed by atoms with Crippen molar-refractivity contribution in [2.75, 3.05) is 26.2 Å². The number of hydrogen-bond donors (Lipinski definition) is 0. The van der Waals surface area contributed by atoms with Crippen LogP contribution in [0.5, 0.6) is 0 Å². The summed E-state index contributed by atoms with van der Waals surface area (Å²) in [6.07, 6.45) is 4.38. The lowest BCUT2D eigenvalue weighted by Gasteiger charge is -2.28. The van der Waals surface area contributed by atoms with Crippen molar-refractivity contribution in [3.05, 3.63) is 65.7 Å². The van der Waals surface area contributed by atoms with E-state index in [4.69, 9.17) is 4.40 Å². The van der Waals surface area contributed by atoms with E-state index in [1.54, 1.807) is 36.4 Å². The SMILES string of the molecule is Cc1ccc(S(=O)(N=C(N2CCCC2)N2CCCC2)=NC(=O)c2ccccc2)cc1. The van der Waals surface area contributed by atoms with Crippen molar-refractivity contribution in [3.8, 4) is 0 Å². The van der Waals surface area contributed by atoms with Gasteiger partial charge in [0.25, 0.3) is 5.91 Å². The van der Waals surface area contributed by atoms with E-state index in [1.807, 2.05) is 25.1 Å². The average Bonchev–Trinajstić information content (AvgIpc) is 3.48. The monoisotopic (exact) mass is 424 g/mol. The van der Waals surface area contributed by atoms with Crippen molar-refractivity contribution in [1.82, 2.24) is 9.80 Å². The highest BCUT2D eigenvalue weighted by Crippen LogP contribution is 2.22. The third kappa shape index (κ3) is 4.56. The zero-order valence-electron chi connectivity index (χ0n) is 17.4. The summed E-state index contributed by atoms with van der Waals surface area (Å²) in [4.78, 5) is 17.7. The highest BCUT2D eigenvalue weighted by atomic mass is 32.2. The van der Waals surface area contributed by atoms with Crippen LogP contribution in [0.15, 0.2) is 68.3 Å². The first kappa shape index (κ1) is 20.6. The van der Waals surface area contributed by atoms with Crippen molar-refractivity contribution < 1.29 is 9.00 Å². The molecule has 1 atom stereocenters. The van der Waals surface area contributed by atoms with Gasteiger partial charge in [-0.2, -0.15) is 0 Å². The van der Waals surface area contributed by atoms with Gasteiger partial charge in [0.15, 0.2) is 9.92 Å². The number of carbonyl (C=O) groups is 1. The van der Waals surface area contributed by atoms with Gasteiger partial charge >= 0.3 is 0 Å². The van der Waals surface area contributed by atoms with Crippen LogP contribution >= 0.6 is 0 Å². The summed E-state index contributed by atoms with van der Waals surface area (Å²) in [5, 5.41) is 0. The number of guanidine groups is 1. The Hall–Kier alpha value is -2.67. The van der Waals surface area contributed by atoms with Crippen LogP contribution in [0, 0.1) is 6.92 Å². The summed E-state index contributed by atoms with van der Waals surface area (Å²) >= 11 is 0. The summed E-state index contributed by atoms with van der Waals surface area (Å²) in [5.74, 6) is 0.215. The van der Waals surface area contributed by atoms with Crippen molar-refractivity contribution in [3.63, 3.8) is 0 Å². The molecule has 2 aliphatic heterocycles. The molecule has 2 fully saturated rings. The molecule has 158 valence electrons. The Morgan fingerprint density at radius 3 is 1.90 bits per heavy atom. The Morgan fingerprint density at radius 1 is 0.833 bits per heavy atom. The predicted octanol–water partition coefficient (Wildman–Crippen LogP) is 4.12. The van der Waals surface area contributed by atoms with Gasteiger partial charge in [0.05, 0.1) is 4.90 Å². The standard InChI is InChI=1S/C23H28N4O2S/c1-19-11-13-21(14-12-19)30(29,24-22(28)20-9-3-2-4-10-20)25-23(26-15-5-6-16-26)27-17-7-8-18-27/h2-4,9-14H,5-8,15-18H2,1H3. The Bertz CT molecular complexity index is 1010. The maximum atomic E-state index is 14.2. The molecule has 2 aromatic carbocycles. The van der Waals surface area contributed by atoms with Crippen LogP contribution in [0.1, 0.15) is 41.6 Å². The van der Waals surface area contributed by atoms with Gasteiger partial charge in [-0.15, -0.1) is 8.76 Å². The zero-order chi connectivity index (χ0) is 21.0. The van der Waals surface area contributed by atoms with E-state index in [0.717, 1.165) is 63.4 Å². The number of rotatable bonds is 3. The second kappa shape index (κ2) is 9.00. The van der Waals surface area contributed by atoms with Gasteiger partial charge in [-0.3, -0.25) is 4.79 Å².